The molecule has 28 heavy (non-hydrogen) atoms. The molecule has 0 bridgehead atoms. The Morgan fingerprint density at radius 3 is 2.07 bits per heavy atom. The molecule has 2 aliphatic heterocycles. The van der Waals surface area contributed by atoms with Crippen molar-refractivity contribution in [3.05, 3.63) is 54.1 Å². The maximum Gasteiger partial charge on any atom is 0.255 e. The number of carbonyl (C=O) groups is 2. The van der Waals surface area contributed by atoms with E-state index < -0.39 is 0 Å². The zero-order chi connectivity index (χ0) is 19.3. The molecule has 0 unspecified atom stereocenters. The highest BCUT2D eigenvalue weighted by molar-refractivity contribution is 6.04. The Morgan fingerprint density at radius 2 is 1.39 bits per heavy atom. The van der Waals surface area contributed by atoms with Gasteiger partial charge in [-0.2, -0.15) is 0 Å². The summed E-state index contributed by atoms with van der Waals surface area (Å²) >= 11 is 0. The highest BCUT2D eigenvalue weighted by atomic mass is 16.2. The number of benzene rings is 2. The molecule has 2 saturated heterocycles. The molecule has 2 aromatic rings. The molecule has 0 atom stereocenters. The molecule has 1 N–H and O–H groups in total. The van der Waals surface area contributed by atoms with Crippen LogP contribution >= 0.6 is 0 Å². The number of piperidine rings is 2. The molecule has 0 radical (unpaired) electrons. The van der Waals surface area contributed by atoms with Gasteiger partial charge < -0.3 is 15.1 Å². The van der Waals surface area contributed by atoms with E-state index in [-0.39, 0.29) is 11.8 Å². The molecular formula is C23H27N3O2. The molecular weight excluding hydrogens is 350 g/mol. The van der Waals surface area contributed by atoms with E-state index in [4.69, 9.17) is 0 Å². The third-order valence-corrected chi connectivity index (χ3v) is 5.61. The van der Waals surface area contributed by atoms with Gasteiger partial charge in [-0.05, 0) is 80.6 Å². The molecule has 5 heteroatoms. The van der Waals surface area contributed by atoms with Crippen molar-refractivity contribution in [1.29, 1.82) is 0 Å². The zero-order valence-corrected chi connectivity index (χ0v) is 16.2. The van der Waals surface area contributed by atoms with E-state index in [0.29, 0.717) is 12.0 Å². The summed E-state index contributed by atoms with van der Waals surface area (Å²) in [5, 5.41) is 2.96. The summed E-state index contributed by atoms with van der Waals surface area (Å²) < 4.78 is 0. The first-order chi connectivity index (χ1) is 13.7. The van der Waals surface area contributed by atoms with E-state index in [2.05, 4.69) is 22.3 Å². The molecule has 146 valence electrons. The average molecular weight is 377 g/mol. The van der Waals surface area contributed by atoms with Crippen molar-refractivity contribution >= 4 is 28.9 Å². The Labute approximate surface area is 166 Å². The Balaban J connectivity index is 1.38. The van der Waals surface area contributed by atoms with Crippen LogP contribution in [0.2, 0.25) is 0 Å². The summed E-state index contributed by atoms with van der Waals surface area (Å²) in [6, 6.07) is 15.4. The molecule has 0 spiro atoms. The Morgan fingerprint density at radius 1 is 0.750 bits per heavy atom. The van der Waals surface area contributed by atoms with Crippen molar-refractivity contribution in [2.75, 3.05) is 34.8 Å². The molecule has 2 amide bonds. The van der Waals surface area contributed by atoms with Crippen LogP contribution in [0.15, 0.2) is 48.5 Å². The van der Waals surface area contributed by atoms with E-state index in [9.17, 15) is 9.59 Å². The number of nitrogens with zero attached hydrogens (tertiary/aromatic N) is 2. The monoisotopic (exact) mass is 377 g/mol. The van der Waals surface area contributed by atoms with Gasteiger partial charge in [0.1, 0.15) is 0 Å². The minimum atomic E-state index is -0.137. The molecule has 2 aliphatic rings. The normalized spacial score (nSPS) is 17.5. The fourth-order valence-electron chi connectivity index (χ4n) is 3.98. The molecule has 0 aromatic heterocycles. The SMILES string of the molecule is O=C(Nc1ccc(N2CCCCC2)cc1)c1ccc(N2CCCCC2=O)cc1. The number of hydrogen-bond acceptors (Lipinski definition) is 3. The van der Waals surface area contributed by atoms with Gasteiger partial charge in [0.15, 0.2) is 0 Å². The van der Waals surface area contributed by atoms with Crippen LogP contribution in [0.4, 0.5) is 17.1 Å². The van der Waals surface area contributed by atoms with E-state index in [0.717, 1.165) is 43.9 Å². The summed E-state index contributed by atoms with van der Waals surface area (Å²) in [6.07, 6.45) is 6.41. The molecule has 2 aromatic carbocycles. The maximum absolute atomic E-state index is 12.6. The van der Waals surface area contributed by atoms with Gasteiger partial charge >= 0.3 is 0 Å². The number of carbonyl (C=O) groups excluding carboxylic acids is 2. The Bertz CT molecular complexity index is 824. The summed E-state index contributed by atoms with van der Waals surface area (Å²) in [6.45, 7) is 2.98. The van der Waals surface area contributed by atoms with Crippen LogP contribution in [0.5, 0.6) is 0 Å². The van der Waals surface area contributed by atoms with Gasteiger partial charge in [-0.1, -0.05) is 0 Å². The highest BCUT2D eigenvalue weighted by Gasteiger charge is 2.19. The Kier molecular flexibility index (Phi) is 5.60. The van der Waals surface area contributed by atoms with E-state index in [1.54, 1.807) is 12.1 Å². The molecule has 0 saturated carbocycles. The van der Waals surface area contributed by atoms with Crippen LogP contribution < -0.4 is 15.1 Å². The van der Waals surface area contributed by atoms with Crippen molar-refractivity contribution in [3.63, 3.8) is 0 Å². The summed E-state index contributed by atoms with van der Waals surface area (Å²) in [4.78, 5) is 28.8. The first-order valence-electron chi connectivity index (χ1n) is 10.3. The lowest BCUT2D eigenvalue weighted by atomic mass is 10.1. The quantitative estimate of drug-likeness (QED) is 0.857. The van der Waals surface area contributed by atoms with Crippen LogP contribution in [0.3, 0.4) is 0 Å². The number of anilines is 3. The van der Waals surface area contributed by atoms with Crippen LogP contribution in [0, 0.1) is 0 Å². The van der Waals surface area contributed by atoms with E-state index in [1.165, 1.54) is 24.9 Å². The number of nitrogens with one attached hydrogen (secondary N) is 1. The minimum Gasteiger partial charge on any atom is -0.372 e. The molecule has 5 nitrogen and oxygen atoms in total. The zero-order valence-electron chi connectivity index (χ0n) is 16.2. The van der Waals surface area contributed by atoms with Gasteiger partial charge in [-0.25, -0.2) is 0 Å². The van der Waals surface area contributed by atoms with Crippen LogP contribution in [-0.2, 0) is 4.79 Å². The smallest absolute Gasteiger partial charge is 0.255 e. The van der Waals surface area contributed by atoms with Gasteiger partial charge in [-0.15, -0.1) is 0 Å². The first-order valence-corrected chi connectivity index (χ1v) is 10.3. The first kappa shape index (κ1) is 18.5. The highest BCUT2D eigenvalue weighted by Crippen LogP contribution is 2.23. The third-order valence-electron chi connectivity index (χ3n) is 5.61. The second kappa shape index (κ2) is 8.46. The summed E-state index contributed by atoms with van der Waals surface area (Å²) in [5.74, 6) is 0.0273. The second-order valence-electron chi connectivity index (χ2n) is 7.60. The standard InChI is InChI=1S/C23H27N3O2/c27-22-6-2-5-17-26(22)21-11-7-18(8-12-21)23(28)24-19-9-13-20(14-10-19)25-15-3-1-4-16-25/h7-14H,1-6,15-17H2,(H,24,28). The minimum absolute atomic E-state index is 0.137. The average Bonchev–Trinajstić information content (AvgIpc) is 2.75. The fourth-order valence-corrected chi connectivity index (χ4v) is 3.98. The topological polar surface area (TPSA) is 52.7 Å². The summed E-state index contributed by atoms with van der Waals surface area (Å²) in [7, 11) is 0. The predicted octanol–water partition coefficient (Wildman–Crippen LogP) is 4.45. The van der Waals surface area contributed by atoms with E-state index >= 15 is 0 Å². The van der Waals surface area contributed by atoms with Crippen molar-refractivity contribution in [2.24, 2.45) is 0 Å². The largest absolute Gasteiger partial charge is 0.372 e. The maximum atomic E-state index is 12.6. The molecule has 2 fully saturated rings. The van der Waals surface area contributed by atoms with Crippen LogP contribution in [-0.4, -0.2) is 31.4 Å². The van der Waals surface area contributed by atoms with Gasteiger partial charge in [0, 0.05) is 48.7 Å². The molecule has 0 aliphatic carbocycles. The number of amides is 2. The van der Waals surface area contributed by atoms with Crippen molar-refractivity contribution in [2.45, 2.75) is 38.5 Å². The van der Waals surface area contributed by atoms with Crippen LogP contribution in [0.1, 0.15) is 48.9 Å². The lowest BCUT2D eigenvalue weighted by molar-refractivity contribution is -0.119. The lowest BCUT2D eigenvalue weighted by Gasteiger charge is -2.28. The van der Waals surface area contributed by atoms with Gasteiger partial charge in [0.2, 0.25) is 5.91 Å². The van der Waals surface area contributed by atoms with Crippen LogP contribution in [0.25, 0.3) is 0 Å². The number of hydrogen-bond donors (Lipinski definition) is 1. The fraction of sp³-hybridized carbons (Fsp3) is 0.391. The van der Waals surface area contributed by atoms with Gasteiger partial charge in [-0.3, -0.25) is 9.59 Å². The molecule has 4 rings (SSSR count). The molecule has 2 heterocycles. The van der Waals surface area contributed by atoms with Crippen molar-refractivity contribution in [1.82, 2.24) is 0 Å². The predicted molar refractivity (Wildman–Crippen MR) is 113 cm³/mol. The van der Waals surface area contributed by atoms with Gasteiger partial charge in [0.05, 0.1) is 0 Å². The van der Waals surface area contributed by atoms with E-state index in [1.807, 2.05) is 29.2 Å². The Hall–Kier alpha value is -2.82. The number of rotatable bonds is 4. The lowest BCUT2D eigenvalue weighted by Crippen LogP contribution is -2.35. The second-order valence-corrected chi connectivity index (χ2v) is 7.60. The van der Waals surface area contributed by atoms with Crippen molar-refractivity contribution < 1.29 is 9.59 Å². The van der Waals surface area contributed by atoms with Gasteiger partial charge in [0.25, 0.3) is 5.91 Å². The third kappa shape index (κ3) is 4.19. The summed E-state index contributed by atoms with van der Waals surface area (Å²) in [5.41, 5.74) is 3.47. The van der Waals surface area contributed by atoms with Crippen molar-refractivity contribution in [3.8, 4) is 0 Å².